The number of aromatic nitrogens is 3. The fraction of sp³-hybridized carbons (Fsp3) is 0. The lowest BCUT2D eigenvalue weighted by Crippen LogP contribution is -1.93. The van der Waals surface area contributed by atoms with Crippen LogP contribution in [0.5, 0.6) is 0 Å². The molecule has 4 aromatic heterocycles. The predicted molar refractivity (Wildman–Crippen MR) is 151 cm³/mol. The Bertz CT molecular complexity index is 2070. The monoisotopic (exact) mass is 475 g/mol. The van der Waals surface area contributed by atoms with Crippen LogP contribution < -0.4 is 0 Å². The summed E-state index contributed by atoms with van der Waals surface area (Å²) in [5, 5.41) is 4.51. The number of nitrogens with zero attached hydrogens (tertiary/aromatic N) is 3. The summed E-state index contributed by atoms with van der Waals surface area (Å²) in [6, 6.07) is 38.1. The van der Waals surface area contributed by atoms with Crippen LogP contribution in [0.1, 0.15) is 0 Å². The van der Waals surface area contributed by atoms with Crippen molar-refractivity contribution in [3.05, 3.63) is 128 Å². The van der Waals surface area contributed by atoms with E-state index in [4.69, 9.17) is 4.42 Å². The molecule has 0 spiro atoms. The Kier molecular flexibility index (Phi) is 4.19. The highest BCUT2D eigenvalue weighted by atomic mass is 16.3. The Morgan fingerprint density at radius 3 is 2.24 bits per heavy atom. The maximum absolute atomic E-state index is 6.67. The molecule has 0 fully saturated rings. The van der Waals surface area contributed by atoms with Crippen LogP contribution in [0.2, 0.25) is 0 Å². The second-order valence-corrected chi connectivity index (χ2v) is 9.33. The molecule has 8 rings (SSSR count). The van der Waals surface area contributed by atoms with Crippen molar-refractivity contribution < 1.29 is 4.42 Å². The van der Waals surface area contributed by atoms with E-state index in [0.717, 1.165) is 66.4 Å². The molecule has 0 radical (unpaired) electrons. The number of furan rings is 1. The molecule has 0 amide bonds. The van der Waals surface area contributed by atoms with Crippen LogP contribution in [0, 0.1) is 0 Å². The van der Waals surface area contributed by atoms with Crippen molar-refractivity contribution in [2.75, 3.05) is 0 Å². The highest BCUT2D eigenvalue weighted by Gasteiger charge is 2.19. The van der Waals surface area contributed by atoms with E-state index in [2.05, 4.69) is 111 Å². The molecule has 0 aliphatic rings. The highest BCUT2D eigenvalue weighted by molar-refractivity contribution is 6.24. The van der Waals surface area contributed by atoms with Crippen LogP contribution in [0.25, 0.3) is 66.4 Å². The summed E-state index contributed by atoms with van der Waals surface area (Å²) in [4.78, 5) is 4.60. The number of hydrogen-bond donors (Lipinski definition) is 0. The topological polar surface area (TPSA) is 35.9 Å². The van der Waals surface area contributed by atoms with Crippen LogP contribution in [0.4, 0.5) is 0 Å². The van der Waals surface area contributed by atoms with Gasteiger partial charge >= 0.3 is 0 Å². The van der Waals surface area contributed by atoms with Crippen molar-refractivity contribution in [2.45, 2.75) is 0 Å². The molecule has 0 atom stereocenters. The fourth-order valence-electron chi connectivity index (χ4n) is 5.54. The van der Waals surface area contributed by atoms with Gasteiger partial charge in [-0.15, -0.1) is 0 Å². The number of fused-ring (bicyclic) bond motifs is 7. The number of benzene rings is 4. The van der Waals surface area contributed by atoms with Gasteiger partial charge in [-0.3, -0.25) is 4.98 Å². The molecule has 37 heavy (non-hydrogen) atoms. The van der Waals surface area contributed by atoms with Crippen LogP contribution >= 0.6 is 0 Å². The second kappa shape index (κ2) is 7.70. The Labute approximate surface area is 212 Å². The molecule has 4 heteroatoms. The fourth-order valence-corrected chi connectivity index (χ4v) is 5.54. The molecule has 0 saturated carbocycles. The SMILES string of the molecule is c1ccc(-n2c3ccc(-c4ccccn4)cc3c3c4oc5cc(-n6cccc6)ccc5c4ccc32)cc1. The van der Waals surface area contributed by atoms with Gasteiger partial charge in [0.15, 0.2) is 0 Å². The van der Waals surface area contributed by atoms with E-state index in [1.165, 1.54) is 0 Å². The summed E-state index contributed by atoms with van der Waals surface area (Å²) in [5.41, 5.74) is 8.31. The van der Waals surface area contributed by atoms with E-state index >= 15 is 0 Å². The summed E-state index contributed by atoms with van der Waals surface area (Å²) >= 11 is 0. The maximum Gasteiger partial charge on any atom is 0.145 e. The maximum atomic E-state index is 6.67. The second-order valence-electron chi connectivity index (χ2n) is 9.33. The first-order valence-electron chi connectivity index (χ1n) is 12.4. The number of hydrogen-bond acceptors (Lipinski definition) is 2. The van der Waals surface area contributed by atoms with Gasteiger partial charge in [-0.05, 0) is 72.8 Å². The third-order valence-electron chi connectivity index (χ3n) is 7.23. The van der Waals surface area contributed by atoms with E-state index < -0.39 is 0 Å². The normalized spacial score (nSPS) is 11.8. The number of pyridine rings is 1. The summed E-state index contributed by atoms with van der Waals surface area (Å²) in [7, 11) is 0. The van der Waals surface area contributed by atoms with Crippen molar-refractivity contribution in [3.63, 3.8) is 0 Å². The minimum absolute atomic E-state index is 0.884. The van der Waals surface area contributed by atoms with Gasteiger partial charge < -0.3 is 13.6 Å². The van der Waals surface area contributed by atoms with Crippen LogP contribution in [-0.4, -0.2) is 14.1 Å². The average Bonchev–Trinajstić information content (AvgIpc) is 3.69. The third-order valence-corrected chi connectivity index (χ3v) is 7.23. The summed E-state index contributed by atoms with van der Waals surface area (Å²) < 4.78 is 11.1. The van der Waals surface area contributed by atoms with Gasteiger partial charge in [0.1, 0.15) is 11.2 Å². The quantitative estimate of drug-likeness (QED) is 0.257. The van der Waals surface area contributed by atoms with Crippen molar-refractivity contribution in [3.8, 4) is 22.6 Å². The molecule has 0 unspecified atom stereocenters. The summed E-state index contributed by atoms with van der Waals surface area (Å²) in [6.07, 6.45) is 5.94. The average molecular weight is 476 g/mol. The van der Waals surface area contributed by atoms with E-state index in [0.29, 0.717) is 0 Å². The van der Waals surface area contributed by atoms with Gasteiger partial charge in [0.05, 0.1) is 22.1 Å². The highest BCUT2D eigenvalue weighted by Crippen LogP contribution is 2.41. The first-order valence-corrected chi connectivity index (χ1v) is 12.4. The molecule has 4 nitrogen and oxygen atoms in total. The molecule has 4 heterocycles. The minimum Gasteiger partial charge on any atom is -0.455 e. The van der Waals surface area contributed by atoms with Crippen LogP contribution in [-0.2, 0) is 0 Å². The first-order chi connectivity index (χ1) is 18.3. The predicted octanol–water partition coefficient (Wildman–Crippen LogP) is 8.54. The van der Waals surface area contributed by atoms with Gasteiger partial charge in [0.2, 0.25) is 0 Å². The zero-order chi connectivity index (χ0) is 24.3. The zero-order valence-electron chi connectivity index (χ0n) is 19.9. The van der Waals surface area contributed by atoms with Gasteiger partial charge in [-0.2, -0.15) is 0 Å². The third kappa shape index (κ3) is 2.99. The Morgan fingerprint density at radius 1 is 0.595 bits per heavy atom. The zero-order valence-corrected chi connectivity index (χ0v) is 19.9. The van der Waals surface area contributed by atoms with Crippen LogP contribution in [0.3, 0.4) is 0 Å². The molecule has 4 aromatic carbocycles. The lowest BCUT2D eigenvalue weighted by atomic mass is 10.0. The smallest absolute Gasteiger partial charge is 0.145 e. The lowest BCUT2D eigenvalue weighted by Gasteiger charge is -2.08. The first kappa shape index (κ1) is 20.1. The van der Waals surface area contributed by atoms with Crippen molar-refractivity contribution in [2.24, 2.45) is 0 Å². The summed E-state index contributed by atoms with van der Waals surface area (Å²) in [5.74, 6) is 0. The lowest BCUT2D eigenvalue weighted by molar-refractivity contribution is 0.672. The largest absolute Gasteiger partial charge is 0.455 e. The number of para-hydroxylation sites is 1. The molecule has 0 aliphatic carbocycles. The van der Waals surface area contributed by atoms with Crippen molar-refractivity contribution >= 4 is 43.7 Å². The van der Waals surface area contributed by atoms with Crippen molar-refractivity contribution in [1.82, 2.24) is 14.1 Å². The molecule has 0 bridgehead atoms. The standard InChI is InChI=1S/C33H21N3O/c1-2-8-23(9-3-1)36-29-15-11-22(28-10-4-5-17-34-28)20-27(29)32-30(36)16-14-26-25-13-12-24(35-18-6-7-19-35)21-31(25)37-33(26)32/h1-21H. The van der Waals surface area contributed by atoms with E-state index in [1.54, 1.807) is 0 Å². The molecule has 0 saturated heterocycles. The molecular weight excluding hydrogens is 454 g/mol. The molecule has 174 valence electrons. The van der Waals surface area contributed by atoms with Crippen LogP contribution in [0.15, 0.2) is 132 Å². The Balaban J connectivity index is 1.49. The van der Waals surface area contributed by atoms with E-state index in [9.17, 15) is 0 Å². The molecule has 0 aliphatic heterocycles. The molecular formula is C33H21N3O. The van der Waals surface area contributed by atoms with E-state index in [-0.39, 0.29) is 0 Å². The van der Waals surface area contributed by atoms with Gasteiger partial charge in [-0.25, -0.2) is 0 Å². The van der Waals surface area contributed by atoms with Gasteiger partial charge in [0, 0.05) is 57.8 Å². The minimum atomic E-state index is 0.884. The molecule has 0 N–H and O–H groups in total. The van der Waals surface area contributed by atoms with Gasteiger partial charge in [-0.1, -0.05) is 30.3 Å². The Hall–Kier alpha value is -5.09. The summed E-state index contributed by atoms with van der Waals surface area (Å²) in [6.45, 7) is 0. The van der Waals surface area contributed by atoms with E-state index in [1.807, 2.05) is 30.5 Å². The van der Waals surface area contributed by atoms with Gasteiger partial charge in [0.25, 0.3) is 0 Å². The Morgan fingerprint density at radius 2 is 1.41 bits per heavy atom. The molecule has 8 aromatic rings. The number of rotatable bonds is 3. The van der Waals surface area contributed by atoms with Crippen molar-refractivity contribution in [1.29, 1.82) is 0 Å².